The van der Waals surface area contributed by atoms with Gasteiger partial charge in [-0.15, -0.1) is 11.3 Å². The summed E-state index contributed by atoms with van der Waals surface area (Å²) in [4.78, 5) is 15.8. The number of nitriles is 1. The Kier molecular flexibility index (Phi) is 5.04. The van der Waals surface area contributed by atoms with Crippen molar-refractivity contribution in [2.75, 3.05) is 5.32 Å². The van der Waals surface area contributed by atoms with Crippen molar-refractivity contribution in [3.8, 4) is 17.3 Å². The first kappa shape index (κ1) is 15.7. The second-order valence-electron chi connectivity index (χ2n) is 5.88. The van der Waals surface area contributed by atoms with E-state index < -0.39 is 0 Å². The van der Waals surface area contributed by atoms with Gasteiger partial charge in [0.2, 0.25) is 5.91 Å². The van der Waals surface area contributed by atoms with Gasteiger partial charge in [0.05, 0.1) is 11.8 Å². The molecule has 1 saturated carbocycles. The third kappa shape index (κ3) is 3.96. The van der Waals surface area contributed by atoms with Gasteiger partial charge in [-0.3, -0.25) is 4.79 Å². The summed E-state index contributed by atoms with van der Waals surface area (Å²) in [6.45, 7) is 0. The molecule has 0 aliphatic heterocycles. The lowest BCUT2D eigenvalue weighted by atomic mass is 9.84. The van der Waals surface area contributed by atoms with Crippen LogP contribution in [-0.2, 0) is 4.79 Å². The molecule has 1 aliphatic rings. The third-order valence-electron chi connectivity index (χ3n) is 4.27. The average molecular weight is 325 g/mol. The Morgan fingerprint density at radius 2 is 2.00 bits per heavy atom. The van der Waals surface area contributed by atoms with Crippen LogP contribution in [0.15, 0.2) is 29.6 Å². The highest BCUT2D eigenvalue weighted by atomic mass is 32.1. The van der Waals surface area contributed by atoms with Gasteiger partial charge in [-0.1, -0.05) is 43.5 Å². The predicted molar refractivity (Wildman–Crippen MR) is 92.2 cm³/mol. The number of amides is 1. The molecule has 0 atom stereocenters. The van der Waals surface area contributed by atoms with Gasteiger partial charge in [-0.25, -0.2) is 4.98 Å². The number of benzene rings is 1. The first-order valence-electron chi connectivity index (χ1n) is 7.99. The Morgan fingerprint density at radius 1 is 1.26 bits per heavy atom. The van der Waals surface area contributed by atoms with Crippen LogP contribution in [0.2, 0.25) is 0 Å². The molecular formula is C18H19N3OS. The number of rotatable bonds is 4. The van der Waals surface area contributed by atoms with Crippen molar-refractivity contribution >= 4 is 22.4 Å². The fourth-order valence-electron chi connectivity index (χ4n) is 3.06. The zero-order chi connectivity index (χ0) is 16.1. The van der Waals surface area contributed by atoms with Crippen LogP contribution < -0.4 is 5.32 Å². The maximum Gasteiger partial charge on any atom is 0.240 e. The molecule has 1 aromatic heterocycles. The fraction of sp³-hybridized carbons (Fsp3) is 0.389. The number of carbonyl (C=O) groups is 1. The summed E-state index contributed by atoms with van der Waals surface area (Å²) >= 11 is 1.38. The Labute approximate surface area is 140 Å². The summed E-state index contributed by atoms with van der Waals surface area (Å²) in [5.74, 6) is 0.384. The molecule has 0 saturated heterocycles. The van der Waals surface area contributed by atoms with Crippen LogP contribution in [0.1, 0.15) is 50.0 Å². The Bertz CT molecular complexity index is 709. The standard InChI is InChI=1S/C18H19N3OS/c19-11-10-17(22)21-18-20-16(12-23-18)15-8-6-14(7-9-15)13-4-2-1-3-5-13/h6-9,12-13H,1-5,10H2,(H,20,21,22). The normalized spacial score (nSPS) is 15.1. The molecule has 4 nitrogen and oxygen atoms in total. The summed E-state index contributed by atoms with van der Waals surface area (Å²) < 4.78 is 0. The molecule has 1 aliphatic carbocycles. The molecule has 2 aromatic rings. The predicted octanol–water partition coefficient (Wildman–Crippen LogP) is 4.71. The highest BCUT2D eigenvalue weighted by Gasteiger charge is 2.15. The minimum absolute atomic E-state index is 0.148. The number of nitrogens with zero attached hydrogens (tertiary/aromatic N) is 2. The summed E-state index contributed by atoms with van der Waals surface area (Å²) in [6, 6.07) is 10.5. The fourth-order valence-corrected chi connectivity index (χ4v) is 3.80. The summed E-state index contributed by atoms with van der Waals surface area (Å²) in [7, 11) is 0. The van der Waals surface area contributed by atoms with Crippen molar-refractivity contribution in [1.82, 2.24) is 4.98 Å². The average Bonchev–Trinajstić information content (AvgIpc) is 3.04. The van der Waals surface area contributed by atoms with Gasteiger partial charge in [0.25, 0.3) is 0 Å². The van der Waals surface area contributed by atoms with Crippen molar-refractivity contribution in [3.63, 3.8) is 0 Å². The number of hydrogen-bond acceptors (Lipinski definition) is 4. The molecule has 1 N–H and O–H groups in total. The van der Waals surface area contributed by atoms with Gasteiger partial charge in [0.15, 0.2) is 5.13 Å². The highest BCUT2D eigenvalue weighted by molar-refractivity contribution is 7.14. The van der Waals surface area contributed by atoms with Crippen LogP contribution in [0.25, 0.3) is 11.3 Å². The Morgan fingerprint density at radius 3 is 2.70 bits per heavy atom. The lowest BCUT2D eigenvalue weighted by Gasteiger charge is -2.22. The molecule has 1 aromatic carbocycles. The molecule has 3 rings (SSSR count). The second-order valence-corrected chi connectivity index (χ2v) is 6.74. The highest BCUT2D eigenvalue weighted by Crippen LogP contribution is 2.34. The first-order valence-corrected chi connectivity index (χ1v) is 8.87. The van der Waals surface area contributed by atoms with Crippen molar-refractivity contribution in [2.24, 2.45) is 0 Å². The SMILES string of the molecule is N#CCC(=O)Nc1nc(-c2ccc(C3CCCCC3)cc2)cs1. The number of aromatic nitrogens is 1. The molecule has 0 spiro atoms. The quantitative estimate of drug-likeness (QED) is 0.885. The first-order chi connectivity index (χ1) is 11.3. The minimum Gasteiger partial charge on any atom is -0.301 e. The van der Waals surface area contributed by atoms with Crippen molar-refractivity contribution in [1.29, 1.82) is 5.26 Å². The zero-order valence-electron chi connectivity index (χ0n) is 12.9. The van der Waals surface area contributed by atoms with E-state index in [1.165, 1.54) is 49.0 Å². The minimum atomic E-state index is -0.318. The van der Waals surface area contributed by atoms with Gasteiger partial charge in [0.1, 0.15) is 6.42 Å². The van der Waals surface area contributed by atoms with E-state index >= 15 is 0 Å². The van der Waals surface area contributed by atoms with Crippen LogP contribution in [0.5, 0.6) is 0 Å². The molecule has 1 fully saturated rings. The second kappa shape index (κ2) is 7.38. The molecule has 118 valence electrons. The number of carbonyl (C=O) groups excluding carboxylic acids is 1. The maximum absolute atomic E-state index is 11.4. The van der Waals surface area contributed by atoms with Gasteiger partial charge in [-0.2, -0.15) is 5.26 Å². The topological polar surface area (TPSA) is 65.8 Å². The van der Waals surface area contributed by atoms with Gasteiger partial charge in [0, 0.05) is 10.9 Å². The molecule has 1 amide bonds. The van der Waals surface area contributed by atoms with E-state index in [-0.39, 0.29) is 12.3 Å². The largest absolute Gasteiger partial charge is 0.301 e. The number of anilines is 1. The van der Waals surface area contributed by atoms with E-state index in [0.717, 1.165) is 11.3 Å². The maximum atomic E-state index is 11.4. The van der Waals surface area contributed by atoms with E-state index in [0.29, 0.717) is 11.0 Å². The monoisotopic (exact) mass is 325 g/mol. The molecule has 5 heteroatoms. The van der Waals surface area contributed by atoms with Crippen LogP contribution >= 0.6 is 11.3 Å². The smallest absolute Gasteiger partial charge is 0.240 e. The van der Waals surface area contributed by atoms with E-state index in [4.69, 9.17) is 5.26 Å². The number of nitrogens with one attached hydrogen (secondary N) is 1. The van der Waals surface area contributed by atoms with Crippen molar-refractivity contribution < 1.29 is 4.79 Å². The van der Waals surface area contributed by atoms with Crippen LogP contribution in [0.3, 0.4) is 0 Å². The van der Waals surface area contributed by atoms with Crippen LogP contribution in [-0.4, -0.2) is 10.9 Å². The third-order valence-corrected chi connectivity index (χ3v) is 5.03. The van der Waals surface area contributed by atoms with Gasteiger partial charge < -0.3 is 5.32 Å². The lowest BCUT2D eigenvalue weighted by molar-refractivity contribution is -0.115. The molecule has 0 radical (unpaired) electrons. The van der Waals surface area contributed by atoms with Gasteiger partial charge in [-0.05, 0) is 24.3 Å². The summed E-state index contributed by atoms with van der Waals surface area (Å²) in [6.07, 6.45) is 6.49. The van der Waals surface area contributed by atoms with Crippen LogP contribution in [0.4, 0.5) is 5.13 Å². The van der Waals surface area contributed by atoms with E-state index in [9.17, 15) is 4.79 Å². The van der Waals surface area contributed by atoms with Crippen LogP contribution in [0, 0.1) is 11.3 Å². The molecule has 23 heavy (non-hydrogen) atoms. The van der Waals surface area contributed by atoms with E-state index in [1.54, 1.807) is 0 Å². The van der Waals surface area contributed by atoms with Crippen molar-refractivity contribution in [2.45, 2.75) is 44.4 Å². The lowest BCUT2D eigenvalue weighted by Crippen LogP contribution is -2.09. The summed E-state index contributed by atoms with van der Waals surface area (Å²) in [5.41, 5.74) is 3.34. The summed E-state index contributed by atoms with van der Waals surface area (Å²) in [5, 5.41) is 13.6. The molecule has 0 bridgehead atoms. The molecule has 1 heterocycles. The zero-order valence-corrected chi connectivity index (χ0v) is 13.7. The van der Waals surface area contributed by atoms with E-state index in [1.807, 2.05) is 11.4 Å². The number of hydrogen-bond donors (Lipinski definition) is 1. The Hall–Kier alpha value is -2.19. The van der Waals surface area contributed by atoms with Crippen molar-refractivity contribution in [3.05, 3.63) is 35.2 Å². The molecule has 0 unspecified atom stereocenters. The number of thiazole rings is 1. The Balaban J connectivity index is 1.68. The molecular weight excluding hydrogens is 306 g/mol. The van der Waals surface area contributed by atoms with E-state index in [2.05, 4.69) is 34.6 Å². The van der Waals surface area contributed by atoms with Gasteiger partial charge >= 0.3 is 0 Å².